The normalized spacial score (nSPS) is 12.8. The lowest BCUT2D eigenvalue weighted by molar-refractivity contribution is 0.607. The molecule has 1 unspecified atom stereocenters. The molecule has 0 fully saturated rings. The maximum absolute atomic E-state index is 14.0. The average Bonchev–Trinajstić information content (AvgIpc) is 3.32. The number of hydrogen-bond acceptors (Lipinski definition) is 4. The van der Waals surface area contributed by atoms with E-state index < -0.39 is 0 Å². The Morgan fingerprint density at radius 1 is 1.28 bits per heavy atom. The summed E-state index contributed by atoms with van der Waals surface area (Å²) in [4.78, 5) is 5.99. The largest absolute Gasteiger partial charge is 0.356 e. The van der Waals surface area contributed by atoms with E-state index in [1.807, 2.05) is 31.5 Å². The number of thiophene rings is 1. The van der Waals surface area contributed by atoms with Crippen LogP contribution in [0.3, 0.4) is 0 Å². The third-order valence-electron chi connectivity index (χ3n) is 4.85. The van der Waals surface area contributed by atoms with Gasteiger partial charge in [0, 0.05) is 18.5 Å². The van der Waals surface area contributed by atoms with Crippen LogP contribution in [0.4, 0.5) is 4.39 Å². The molecule has 0 bridgehead atoms. The molecule has 29 heavy (non-hydrogen) atoms. The molecule has 6 nitrogen and oxygen atoms in total. The molecule has 8 heteroatoms. The number of hydrogen-bond donors (Lipinski definition) is 2. The van der Waals surface area contributed by atoms with Crippen LogP contribution >= 0.6 is 11.3 Å². The van der Waals surface area contributed by atoms with Crippen LogP contribution in [0, 0.1) is 19.7 Å². The molecule has 2 aromatic heterocycles. The average molecular weight is 415 g/mol. The smallest absolute Gasteiger partial charge is 0.192 e. The lowest BCUT2D eigenvalue weighted by atomic mass is 10.1. The molecule has 2 N–H and O–H groups in total. The number of rotatable bonds is 7. The number of aromatic nitrogens is 3. The zero-order valence-corrected chi connectivity index (χ0v) is 18.1. The maximum atomic E-state index is 14.0. The zero-order valence-electron chi connectivity index (χ0n) is 17.2. The van der Waals surface area contributed by atoms with E-state index in [2.05, 4.69) is 43.3 Å². The Hall–Kier alpha value is -2.74. The van der Waals surface area contributed by atoms with Gasteiger partial charge in [-0.05, 0) is 55.8 Å². The van der Waals surface area contributed by atoms with Crippen molar-refractivity contribution in [1.29, 1.82) is 0 Å². The first-order valence-electron chi connectivity index (χ1n) is 9.62. The van der Waals surface area contributed by atoms with Crippen LogP contribution in [0.1, 0.15) is 40.6 Å². The van der Waals surface area contributed by atoms with E-state index in [9.17, 15) is 4.39 Å². The first-order valence-corrected chi connectivity index (χ1v) is 10.5. The highest BCUT2D eigenvalue weighted by Crippen LogP contribution is 2.16. The fraction of sp³-hybridized carbons (Fsp3) is 0.381. The van der Waals surface area contributed by atoms with Gasteiger partial charge in [0.25, 0.3) is 0 Å². The molecular formula is C21H27FN6S. The van der Waals surface area contributed by atoms with Gasteiger partial charge < -0.3 is 15.2 Å². The molecule has 0 spiro atoms. The lowest BCUT2D eigenvalue weighted by Crippen LogP contribution is -2.39. The third-order valence-corrected chi connectivity index (χ3v) is 5.79. The van der Waals surface area contributed by atoms with E-state index in [0.29, 0.717) is 18.1 Å². The molecule has 1 atom stereocenters. The van der Waals surface area contributed by atoms with E-state index in [-0.39, 0.29) is 11.9 Å². The van der Waals surface area contributed by atoms with Crippen molar-refractivity contribution in [3.8, 4) is 0 Å². The van der Waals surface area contributed by atoms with Gasteiger partial charge in [-0.25, -0.2) is 9.38 Å². The van der Waals surface area contributed by atoms with Crippen molar-refractivity contribution in [2.75, 3.05) is 6.54 Å². The summed E-state index contributed by atoms with van der Waals surface area (Å²) in [5, 5.41) is 17.1. The van der Waals surface area contributed by atoms with Crippen molar-refractivity contribution < 1.29 is 4.39 Å². The minimum Gasteiger partial charge on any atom is -0.356 e. The molecule has 0 aliphatic rings. The second-order valence-electron chi connectivity index (χ2n) is 7.02. The molecule has 154 valence electrons. The minimum atomic E-state index is -0.199. The SMILES string of the molecule is Cc1ccc(C(C)NC(=NCc2nnc(C)n2C)NCCc2cccs2)cc1F. The Labute approximate surface area is 174 Å². The number of nitrogens with one attached hydrogen (secondary N) is 2. The lowest BCUT2D eigenvalue weighted by Gasteiger charge is -2.19. The Balaban J connectivity index is 1.70. The molecular weight excluding hydrogens is 387 g/mol. The van der Waals surface area contributed by atoms with Gasteiger partial charge in [0.15, 0.2) is 11.8 Å². The molecule has 2 heterocycles. The molecule has 0 amide bonds. The third kappa shape index (κ3) is 5.63. The monoisotopic (exact) mass is 414 g/mol. The second-order valence-corrected chi connectivity index (χ2v) is 8.05. The highest BCUT2D eigenvalue weighted by Gasteiger charge is 2.11. The maximum Gasteiger partial charge on any atom is 0.192 e. The highest BCUT2D eigenvalue weighted by molar-refractivity contribution is 7.09. The van der Waals surface area contributed by atoms with Crippen molar-refractivity contribution in [3.05, 3.63) is 69.2 Å². The fourth-order valence-corrected chi connectivity index (χ4v) is 3.53. The Morgan fingerprint density at radius 3 is 2.76 bits per heavy atom. The van der Waals surface area contributed by atoms with Crippen molar-refractivity contribution in [1.82, 2.24) is 25.4 Å². The van der Waals surface area contributed by atoms with Crippen LogP contribution in [0.25, 0.3) is 0 Å². The number of nitrogens with zero attached hydrogens (tertiary/aromatic N) is 4. The minimum absolute atomic E-state index is 0.0979. The topological polar surface area (TPSA) is 67.1 Å². The van der Waals surface area contributed by atoms with Crippen molar-refractivity contribution >= 4 is 17.3 Å². The van der Waals surface area contributed by atoms with Crippen LogP contribution in [-0.4, -0.2) is 27.3 Å². The van der Waals surface area contributed by atoms with Gasteiger partial charge in [0.2, 0.25) is 0 Å². The standard InChI is InChI=1S/C21H27FN6S/c1-14-7-8-17(12-19(14)22)15(2)25-21(23-10-9-18-6-5-11-29-18)24-13-20-27-26-16(3)28(20)4/h5-8,11-12,15H,9-10,13H2,1-4H3,(H2,23,24,25). The Kier molecular flexibility index (Phi) is 6.98. The van der Waals surface area contributed by atoms with Gasteiger partial charge in [-0.15, -0.1) is 21.5 Å². The summed E-state index contributed by atoms with van der Waals surface area (Å²) < 4.78 is 15.9. The number of guanidine groups is 1. The summed E-state index contributed by atoms with van der Waals surface area (Å²) in [6.07, 6.45) is 0.912. The Bertz CT molecular complexity index is 964. The summed E-state index contributed by atoms with van der Waals surface area (Å²) in [6.45, 7) is 6.82. The van der Waals surface area contributed by atoms with Crippen LogP contribution in [0.2, 0.25) is 0 Å². The van der Waals surface area contributed by atoms with Crippen molar-refractivity contribution in [2.45, 2.75) is 39.8 Å². The molecule has 3 rings (SSSR count). The summed E-state index contributed by atoms with van der Waals surface area (Å²) in [5.74, 6) is 2.10. The molecule has 0 saturated heterocycles. The predicted octanol–water partition coefficient (Wildman–Crippen LogP) is 3.67. The predicted molar refractivity (Wildman–Crippen MR) is 116 cm³/mol. The van der Waals surface area contributed by atoms with Crippen LogP contribution < -0.4 is 10.6 Å². The number of aryl methyl sites for hydroxylation is 2. The van der Waals surface area contributed by atoms with Gasteiger partial charge in [-0.3, -0.25) is 0 Å². The van der Waals surface area contributed by atoms with E-state index in [1.54, 1.807) is 30.4 Å². The van der Waals surface area contributed by atoms with E-state index in [0.717, 1.165) is 30.2 Å². The summed E-state index contributed by atoms with van der Waals surface area (Å²) >= 11 is 1.74. The zero-order chi connectivity index (χ0) is 20.8. The number of benzene rings is 1. The van der Waals surface area contributed by atoms with Gasteiger partial charge in [-0.1, -0.05) is 18.2 Å². The molecule has 0 aliphatic heterocycles. The molecule has 0 aliphatic carbocycles. The quantitative estimate of drug-likeness (QED) is 0.457. The number of aliphatic imine (C=N–C) groups is 1. The van der Waals surface area contributed by atoms with Crippen LogP contribution in [-0.2, 0) is 20.0 Å². The van der Waals surface area contributed by atoms with Gasteiger partial charge >= 0.3 is 0 Å². The Morgan fingerprint density at radius 2 is 2.10 bits per heavy atom. The summed E-state index contributed by atoms with van der Waals surface area (Å²) in [5.41, 5.74) is 1.51. The number of halogens is 1. The van der Waals surface area contributed by atoms with E-state index >= 15 is 0 Å². The van der Waals surface area contributed by atoms with Crippen LogP contribution in [0.15, 0.2) is 40.7 Å². The van der Waals surface area contributed by atoms with Gasteiger partial charge in [0.05, 0.1) is 6.04 Å². The fourth-order valence-electron chi connectivity index (χ4n) is 2.82. The molecule has 0 saturated carbocycles. The summed E-state index contributed by atoms with van der Waals surface area (Å²) in [7, 11) is 1.93. The van der Waals surface area contributed by atoms with Crippen molar-refractivity contribution in [2.24, 2.45) is 12.0 Å². The van der Waals surface area contributed by atoms with Crippen LogP contribution in [0.5, 0.6) is 0 Å². The molecule has 0 radical (unpaired) electrons. The molecule has 1 aromatic carbocycles. The van der Waals surface area contributed by atoms with Gasteiger partial charge in [-0.2, -0.15) is 0 Å². The van der Waals surface area contributed by atoms with E-state index in [1.165, 1.54) is 4.88 Å². The first-order chi connectivity index (χ1) is 13.9. The first kappa shape index (κ1) is 21.0. The van der Waals surface area contributed by atoms with Crippen molar-refractivity contribution in [3.63, 3.8) is 0 Å². The van der Waals surface area contributed by atoms with E-state index in [4.69, 9.17) is 0 Å². The highest BCUT2D eigenvalue weighted by atomic mass is 32.1. The summed E-state index contributed by atoms with van der Waals surface area (Å²) in [6, 6.07) is 9.38. The molecule has 3 aromatic rings. The van der Waals surface area contributed by atoms with Gasteiger partial charge in [0.1, 0.15) is 18.2 Å². The second kappa shape index (κ2) is 9.65.